The van der Waals surface area contributed by atoms with Crippen molar-refractivity contribution in [2.24, 2.45) is 5.73 Å². The summed E-state index contributed by atoms with van der Waals surface area (Å²) in [7, 11) is 0. The Hall–Kier alpha value is -0.910. The highest BCUT2D eigenvalue weighted by Crippen LogP contribution is 2.09. The van der Waals surface area contributed by atoms with Crippen molar-refractivity contribution in [3.63, 3.8) is 0 Å². The van der Waals surface area contributed by atoms with Crippen LogP contribution >= 0.6 is 0 Å². The molecule has 29 heavy (non-hydrogen) atoms. The van der Waals surface area contributed by atoms with Crippen molar-refractivity contribution >= 4 is 5.91 Å². The maximum Gasteiger partial charge on any atom is 0.220 e. The van der Waals surface area contributed by atoms with Gasteiger partial charge in [0.25, 0.3) is 0 Å². The minimum atomic E-state index is 0.130. The topological polar surface area (TPSA) is 73.6 Å². The first-order valence-corrected chi connectivity index (χ1v) is 12.1. The molecule has 0 spiro atoms. The number of carbonyl (C=O) groups is 1. The van der Waals surface area contributed by atoms with Crippen LogP contribution in [0.15, 0.2) is 12.2 Å². The van der Waals surface area contributed by atoms with Crippen LogP contribution in [0.4, 0.5) is 0 Å². The van der Waals surface area contributed by atoms with Gasteiger partial charge in [-0.2, -0.15) is 0 Å². The van der Waals surface area contributed by atoms with Gasteiger partial charge >= 0.3 is 0 Å². The van der Waals surface area contributed by atoms with E-state index in [1.54, 1.807) is 0 Å². The van der Waals surface area contributed by atoms with Crippen LogP contribution in [0.3, 0.4) is 0 Å². The highest BCUT2D eigenvalue weighted by molar-refractivity contribution is 5.75. The van der Waals surface area contributed by atoms with Gasteiger partial charge in [-0.05, 0) is 32.1 Å². The Kier molecular flexibility index (Phi) is 24.3. The van der Waals surface area contributed by atoms with E-state index in [9.17, 15) is 4.79 Å². The van der Waals surface area contributed by atoms with Gasteiger partial charge in [-0.15, -0.1) is 0 Å². The molecule has 0 radical (unpaired) electrons. The normalized spacial score (nSPS) is 11.4. The molecule has 3 N–H and O–H groups in total. The van der Waals surface area contributed by atoms with Crippen LogP contribution < -0.4 is 11.1 Å². The van der Waals surface area contributed by atoms with Crippen molar-refractivity contribution in [3.05, 3.63) is 12.2 Å². The molecule has 0 aliphatic heterocycles. The van der Waals surface area contributed by atoms with E-state index < -0.39 is 0 Å². The summed E-state index contributed by atoms with van der Waals surface area (Å²) in [6, 6.07) is 0. The molecular formula is C24H48N2O3. The van der Waals surface area contributed by atoms with Crippen molar-refractivity contribution in [1.29, 1.82) is 0 Å². The van der Waals surface area contributed by atoms with Crippen LogP contribution in [-0.2, 0) is 14.3 Å². The predicted molar refractivity (Wildman–Crippen MR) is 123 cm³/mol. The van der Waals surface area contributed by atoms with Crippen molar-refractivity contribution in [1.82, 2.24) is 5.32 Å². The number of carbonyl (C=O) groups excluding carboxylic acids is 1. The van der Waals surface area contributed by atoms with Gasteiger partial charge in [0.2, 0.25) is 5.91 Å². The van der Waals surface area contributed by atoms with Crippen LogP contribution in [-0.4, -0.2) is 45.4 Å². The van der Waals surface area contributed by atoms with Gasteiger partial charge in [0.15, 0.2) is 0 Å². The van der Waals surface area contributed by atoms with E-state index in [1.165, 1.54) is 70.6 Å². The number of unbranched alkanes of at least 4 members (excludes halogenated alkanes) is 11. The first-order chi connectivity index (χ1) is 14.3. The van der Waals surface area contributed by atoms with Gasteiger partial charge in [-0.3, -0.25) is 4.79 Å². The highest BCUT2D eigenvalue weighted by Gasteiger charge is 2.00. The largest absolute Gasteiger partial charge is 0.378 e. The first-order valence-electron chi connectivity index (χ1n) is 12.1. The maximum absolute atomic E-state index is 11.7. The Bertz CT molecular complexity index is 362. The fraction of sp³-hybridized carbons (Fsp3) is 0.875. The molecule has 0 aromatic carbocycles. The third-order valence-electron chi connectivity index (χ3n) is 4.87. The van der Waals surface area contributed by atoms with E-state index in [1.807, 2.05) is 0 Å². The van der Waals surface area contributed by atoms with Gasteiger partial charge in [0.1, 0.15) is 0 Å². The van der Waals surface area contributed by atoms with Crippen LogP contribution in [0.25, 0.3) is 0 Å². The monoisotopic (exact) mass is 412 g/mol. The van der Waals surface area contributed by atoms with Crippen molar-refractivity contribution < 1.29 is 14.3 Å². The number of hydrogen-bond acceptors (Lipinski definition) is 4. The zero-order valence-corrected chi connectivity index (χ0v) is 19.1. The molecule has 0 atom stereocenters. The van der Waals surface area contributed by atoms with Gasteiger partial charge in [-0.25, -0.2) is 0 Å². The Balaban J connectivity index is 3.19. The second-order valence-electron chi connectivity index (χ2n) is 7.70. The summed E-state index contributed by atoms with van der Waals surface area (Å²) in [5, 5.41) is 2.90. The number of amides is 1. The number of nitrogens with two attached hydrogens (primary N) is 1. The molecule has 172 valence electrons. The summed E-state index contributed by atoms with van der Waals surface area (Å²) < 4.78 is 10.6. The van der Waals surface area contributed by atoms with Crippen LogP contribution in [0.1, 0.15) is 96.8 Å². The van der Waals surface area contributed by atoms with E-state index in [4.69, 9.17) is 15.2 Å². The molecule has 0 heterocycles. The molecule has 0 rings (SSSR count). The minimum absolute atomic E-state index is 0.130. The molecule has 1 amide bonds. The standard InChI is InChI=1S/C24H48N2O3/c1-2-3-4-5-6-7-8-9-10-11-12-13-14-15-16-17-24(27)26-19-21-29-23-22-28-20-18-25/h9-10H,2-8,11-23,25H2,1H3,(H,26,27)/b10-9-. The number of hydrogen-bond donors (Lipinski definition) is 2. The lowest BCUT2D eigenvalue weighted by molar-refractivity contribution is -0.121. The summed E-state index contributed by atoms with van der Waals surface area (Å²) in [5.41, 5.74) is 5.32. The maximum atomic E-state index is 11.7. The molecule has 0 bridgehead atoms. The first kappa shape index (κ1) is 28.1. The van der Waals surface area contributed by atoms with Crippen LogP contribution in [0.5, 0.6) is 0 Å². The van der Waals surface area contributed by atoms with E-state index in [0.29, 0.717) is 45.9 Å². The molecule has 0 aromatic heterocycles. The summed E-state index contributed by atoms with van der Waals surface area (Å²) in [6.45, 7) is 5.57. The van der Waals surface area contributed by atoms with E-state index in [0.717, 1.165) is 12.8 Å². The van der Waals surface area contributed by atoms with Crippen LogP contribution in [0, 0.1) is 0 Å². The number of ether oxygens (including phenoxy) is 2. The predicted octanol–water partition coefficient (Wildman–Crippen LogP) is 5.13. The van der Waals surface area contributed by atoms with E-state index in [2.05, 4.69) is 24.4 Å². The van der Waals surface area contributed by atoms with Crippen molar-refractivity contribution in [2.45, 2.75) is 96.8 Å². The van der Waals surface area contributed by atoms with Crippen molar-refractivity contribution in [3.8, 4) is 0 Å². The number of rotatable bonds is 23. The lowest BCUT2D eigenvalue weighted by Crippen LogP contribution is -2.27. The summed E-state index contributed by atoms with van der Waals surface area (Å²) >= 11 is 0. The molecule has 0 aromatic rings. The lowest BCUT2D eigenvalue weighted by atomic mass is 10.1. The quantitative estimate of drug-likeness (QED) is 0.180. The van der Waals surface area contributed by atoms with Gasteiger partial charge in [0.05, 0.1) is 26.4 Å². The minimum Gasteiger partial charge on any atom is -0.378 e. The molecule has 5 nitrogen and oxygen atoms in total. The Morgan fingerprint density at radius 1 is 0.759 bits per heavy atom. The second kappa shape index (κ2) is 25.1. The smallest absolute Gasteiger partial charge is 0.220 e. The Morgan fingerprint density at radius 2 is 1.31 bits per heavy atom. The SMILES string of the molecule is CCCCCCCC/C=C\CCCCCCCC(=O)NCCOCCOCCN. The fourth-order valence-electron chi connectivity index (χ4n) is 3.11. The zero-order chi connectivity index (χ0) is 21.3. The Labute approximate surface area is 180 Å². The third-order valence-corrected chi connectivity index (χ3v) is 4.87. The average Bonchev–Trinajstić information content (AvgIpc) is 2.72. The van der Waals surface area contributed by atoms with E-state index in [-0.39, 0.29) is 5.91 Å². The molecule has 0 saturated carbocycles. The molecule has 5 heteroatoms. The molecule has 0 fully saturated rings. The highest BCUT2D eigenvalue weighted by atomic mass is 16.5. The molecule has 0 aliphatic rings. The second-order valence-corrected chi connectivity index (χ2v) is 7.70. The fourth-order valence-corrected chi connectivity index (χ4v) is 3.11. The lowest BCUT2D eigenvalue weighted by Gasteiger charge is -2.07. The molecule has 0 unspecified atom stereocenters. The van der Waals surface area contributed by atoms with Gasteiger partial charge in [0, 0.05) is 19.5 Å². The summed E-state index contributed by atoms with van der Waals surface area (Å²) in [4.78, 5) is 11.7. The van der Waals surface area contributed by atoms with Gasteiger partial charge in [-0.1, -0.05) is 70.4 Å². The molecule has 0 saturated heterocycles. The molecular weight excluding hydrogens is 364 g/mol. The van der Waals surface area contributed by atoms with Crippen molar-refractivity contribution in [2.75, 3.05) is 39.5 Å². The summed E-state index contributed by atoms with van der Waals surface area (Å²) in [5.74, 6) is 0.130. The average molecular weight is 413 g/mol. The third kappa shape index (κ3) is 25.1. The Morgan fingerprint density at radius 3 is 1.93 bits per heavy atom. The molecule has 0 aliphatic carbocycles. The summed E-state index contributed by atoms with van der Waals surface area (Å²) in [6.07, 6.45) is 21.9. The number of nitrogens with one attached hydrogen (secondary N) is 1. The van der Waals surface area contributed by atoms with Gasteiger partial charge < -0.3 is 20.5 Å². The number of allylic oxidation sites excluding steroid dienone is 2. The van der Waals surface area contributed by atoms with Crippen LogP contribution in [0.2, 0.25) is 0 Å². The van der Waals surface area contributed by atoms with E-state index >= 15 is 0 Å². The zero-order valence-electron chi connectivity index (χ0n) is 19.1.